The van der Waals surface area contributed by atoms with E-state index in [-0.39, 0.29) is 22.7 Å². The van der Waals surface area contributed by atoms with E-state index in [2.05, 4.69) is 21.1 Å². The third-order valence-electron chi connectivity index (χ3n) is 2.68. The molecular weight excluding hydrogens is 334 g/mol. The van der Waals surface area contributed by atoms with Crippen molar-refractivity contribution >= 4 is 21.8 Å². The fourth-order valence-corrected chi connectivity index (χ4v) is 2.20. The molecule has 4 nitrogen and oxygen atoms in total. The van der Waals surface area contributed by atoms with Crippen LogP contribution in [0, 0.1) is 11.6 Å². The molecule has 102 valence electrons. The summed E-state index contributed by atoms with van der Waals surface area (Å²) in [5.41, 5.74) is 6.47. The van der Waals surface area contributed by atoms with Gasteiger partial charge in [-0.1, -0.05) is 5.16 Å². The summed E-state index contributed by atoms with van der Waals surface area (Å²) >= 11 is 3.16. The molecule has 0 unspecified atom stereocenters. The first kappa shape index (κ1) is 12.9. The third-order valence-corrected chi connectivity index (χ3v) is 3.10. The second kappa shape index (κ2) is 4.75. The summed E-state index contributed by atoms with van der Waals surface area (Å²) in [7, 11) is 0. The van der Waals surface area contributed by atoms with Crippen LogP contribution in [0.2, 0.25) is 0 Å². The van der Waals surface area contributed by atoms with Crippen molar-refractivity contribution in [3.05, 3.63) is 46.6 Å². The third kappa shape index (κ3) is 2.20. The average Bonchev–Trinajstić information content (AvgIpc) is 2.94. The smallest absolute Gasteiger partial charge is 0.230 e. The number of halogens is 3. The molecular formula is C13H7BrF2N2O2. The highest BCUT2D eigenvalue weighted by molar-refractivity contribution is 9.10. The molecule has 7 heteroatoms. The van der Waals surface area contributed by atoms with E-state index in [4.69, 9.17) is 14.7 Å². The Hall–Kier alpha value is -2.15. The number of nitrogen functional groups attached to an aromatic ring is 1. The molecule has 1 aromatic carbocycles. The average molecular weight is 341 g/mol. The molecule has 0 amide bonds. The van der Waals surface area contributed by atoms with Gasteiger partial charge in [-0.3, -0.25) is 0 Å². The number of nitrogens with two attached hydrogens (primary N) is 1. The monoisotopic (exact) mass is 340 g/mol. The van der Waals surface area contributed by atoms with Gasteiger partial charge in [0.15, 0.2) is 16.1 Å². The topological polar surface area (TPSA) is 65.2 Å². The van der Waals surface area contributed by atoms with Crippen LogP contribution in [0.4, 0.5) is 14.7 Å². The fraction of sp³-hybridized carbons (Fsp3) is 0. The van der Waals surface area contributed by atoms with Crippen molar-refractivity contribution in [1.29, 1.82) is 0 Å². The number of furan rings is 1. The van der Waals surface area contributed by atoms with Gasteiger partial charge >= 0.3 is 0 Å². The number of nitrogens with zero attached hydrogens (tertiary/aromatic N) is 1. The van der Waals surface area contributed by atoms with Gasteiger partial charge in [-0.05, 0) is 45.8 Å². The molecule has 2 aromatic heterocycles. The fourth-order valence-electron chi connectivity index (χ4n) is 1.89. The van der Waals surface area contributed by atoms with Gasteiger partial charge < -0.3 is 14.7 Å². The van der Waals surface area contributed by atoms with Gasteiger partial charge in [0, 0.05) is 6.07 Å². The van der Waals surface area contributed by atoms with Crippen LogP contribution in [0.5, 0.6) is 0 Å². The minimum atomic E-state index is -0.716. The summed E-state index contributed by atoms with van der Waals surface area (Å²) in [6.07, 6.45) is 0. The van der Waals surface area contributed by atoms with E-state index in [0.29, 0.717) is 10.4 Å². The van der Waals surface area contributed by atoms with E-state index < -0.39 is 11.6 Å². The number of anilines is 1. The lowest BCUT2D eigenvalue weighted by Crippen LogP contribution is -1.89. The van der Waals surface area contributed by atoms with Gasteiger partial charge in [0.25, 0.3) is 0 Å². The van der Waals surface area contributed by atoms with Crippen molar-refractivity contribution in [2.24, 2.45) is 0 Å². The summed E-state index contributed by atoms with van der Waals surface area (Å²) in [5.74, 6) is -1.10. The first-order chi connectivity index (χ1) is 9.54. The van der Waals surface area contributed by atoms with E-state index in [0.717, 1.165) is 18.2 Å². The lowest BCUT2D eigenvalue weighted by atomic mass is 10.0. The molecule has 20 heavy (non-hydrogen) atoms. The predicted octanol–water partition coefficient (Wildman–Crippen LogP) is 4.22. The van der Waals surface area contributed by atoms with Crippen molar-refractivity contribution in [2.45, 2.75) is 0 Å². The molecule has 3 aromatic rings. The molecule has 0 fully saturated rings. The standard InChI is InChI=1S/C13H7BrF2N2O2/c14-10-2-1-9(19-10)12-11(13(17)20-18-12)6-3-7(15)5-8(16)4-6/h1-5H,17H2. The molecule has 2 heterocycles. The van der Waals surface area contributed by atoms with Gasteiger partial charge in [-0.15, -0.1) is 0 Å². The van der Waals surface area contributed by atoms with Crippen molar-refractivity contribution in [1.82, 2.24) is 5.16 Å². The van der Waals surface area contributed by atoms with Gasteiger partial charge in [-0.25, -0.2) is 8.78 Å². The lowest BCUT2D eigenvalue weighted by molar-refractivity contribution is 0.435. The van der Waals surface area contributed by atoms with Crippen LogP contribution < -0.4 is 5.73 Å². The summed E-state index contributed by atoms with van der Waals surface area (Å²) in [6.45, 7) is 0. The number of aromatic nitrogens is 1. The predicted molar refractivity (Wildman–Crippen MR) is 71.7 cm³/mol. The van der Waals surface area contributed by atoms with Crippen LogP contribution in [0.1, 0.15) is 0 Å². The highest BCUT2D eigenvalue weighted by Gasteiger charge is 2.21. The molecule has 0 aliphatic heterocycles. The molecule has 3 rings (SSSR count). The molecule has 0 aliphatic carbocycles. The van der Waals surface area contributed by atoms with E-state index in [1.807, 2.05) is 0 Å². The number of benzene rings is 1. The Balaban J connectivity index is 2.21. The Morgan fingerprint density at radius 2 is 1.80 bits per heavy atom. The van der Waals surface area contributed by atoms with Crippen molar-refractivity contribution in [2.75, 3.05) is 5.73 Å². The maximum absolute atomic E-state index is 13.3. The number of hydrogen-bond acceptors (Lipinski definition) is 4. The van der Waals surface area contributed by atoms with E-state index in [1.165, 1.54) is 0 Å². The van der Waals surface area contributed by atoms with Crippen molar-refractivity contribution < 1.29 is 17.7 Å². The first-order valence-corrected chi connectivity index (χ1v) is 6.31. The van der Waals surface area contributed by atoms with Gasteiger partial charge in [-0.2, -0.15) is 0 Å². The minimum absolute atomic E-state index is 0.0440. The highest BCUT2D eigenvalue weighted by atomic mass is 79.9. The maximum Gasteiger partial charge on any atom is 0.230 e. The first-order valence-electron chi connectivity index (χ1n) is 5.52. The van der Waals surface area contributed by atoms with Crippen molar-refractivity contribution in [3.63, 3.8) is 0 Å². The Bertz CT molecular complexity index is 762. The summed E-state index contributed by atoms with van der Waals surface area (Å²) in [5, 5.41) is 3.78. The SMILES string of the molecule is Nc1onc(-c2ccc(Br)o2)c1-c1cc(F)cc(F)c1. The Kier molecular flexibility index (Phi) is 3.06. The zero-order chi connectivity index (χ0) is 14.3. The normalized spacial score (nSPS) is 10.9. The minimum Gasteiger partial charge on any atom is -0.448 e. The van der Waals surface area contributed by atoms with E-state index in [1.54, 1.807) is 12.1 Å². The molecule has 0 spiro atoms. The van der Waals surface area contributed by atoms with Gasteiger partial charge in [0.05, 0.1) is 5.56 Å². The van der Waals surface area contributed by atoms with Crippen LogP contribution in [-0.4, -0.2) is 5.16 Å². The summed E-state index contributed by atoms with van der Waals surface area (Å²) in [6, 6.07) is 6.37. The number of rotatable bonds is 2. The highest BCUT2D eigenvalue weighted by Crippen LogP contribution is 2.37. The molecule has 0 bridgehead atoms. The quantitative estimate of drug-likeness (QED) is 0.758. The maximum atomic E-state index is 13.3. The van der Waals surface area contributed by atoms with Crippen LogP contribution in [0.15, 0.2) is 43.9 Å². The van der Waals surface area contributed by atoms with Gasteiger partial charge in [0.1, 0.15) is 11.6 Å². The van der Waals surface area contributed by atoms with Crippen LogP contribution in [0.3, 0.4) is 0 Å². The van der Waals surface area contributed by atoms with Crippen molar-refractivity contribution in [3.8, 4) is 22.6 Å². The second-order valence-corrected chi connectivity index (χ2v) is 4.81. The van der Waals surface area contributed by atoms with Crippen LogP contribution >= 0.6 is 15.9 Å². The van der Waals surface area contributed by atoms with Crippen LogP contribution in [0.25, 0.3) is 22.6 Å². The van der Waals surface area contributed by atoms with Crippen LogP contribution in [-0.2, 0) is 0 Å². The molecule has 0 atom stereocenters. The largest absolute Gasteiger partial charge is 0.448 e. The summed E-state index contributed by atoms with van der Waals surface area (Å²) in [4.78, 5) is 0. The Morgan fingerprint density at radius 1 is 1.10 bits per heavy atom. The van der Waals surface area contributed by atoms with Gasteiger partial charge in [0.2, 0.25) is 5.88 Å². The molecule has 2 N–H and O–H groups in total. The zero-order valence-electron chi connectivity index (χ0n) is 9.86. The molecule has 0 saturated heterocycles. The molecule has 0 aliphatic rings. The van der Waals surface area contributed by atoms with E-state index in [9.17, 15) is 8.78 Å². The van der Waals surface area contributed by atoms with E-state index >= 15 is 0 Å². The molecule has 0 radical (unpaired) electrons. The lowest BCUT2D eigenvalue weighted by Gasteiger charge is -2.02. The zero-order valence-corrected chi connectivity index (χ0v) is 11.4. The second-order valence-electron chi connectivity index (χ2n) is 4.03. The number of hydrogen-bond donors (Lipinski definition) is 1. The summed E-state index contributed by atoms with van der Waals surface area (Å²) < 4.78 is 37.4. The Labute approximate surface area is 120 Å². The Morgan fingerprint density at radius 3 is 2.40 bits per heavy atom. The molecule has 0 saturated carbocycles.